The smallest absolute Gasteiger partial charge is 0.265 e. The first-order chi connectivity index (χ1) is 11.6. The highest BCUT2D eigenvalue weighted by molar-refractivity contribution is 7.13. The number of hydrogen-bond donors (Lipinski definition) is 0. The van der Waals surface area contributed by atoms with E-state index < -0.39 is 0 Å². The number of furan rings is 1. The molecule has 0 spiro atoms. The molecule has 128 valence electrons. The van der Waals surface area contributed by atoms with E-state index in [0.717, 1.165) is 5.01 Å². The Morgan fingerprint density at radius 2 is 2.29 bits per heavy atom. The van der Waals surface area contributed by atoms with Crippen LogP contribution in [-0.2, 0) is 4.74 Å². The Bertz CT molecular complexity index is 708. The van der Waals surface area contributed by atoms with Gasteiger partial charge in [-0.15, -0.1) is 11.3 Å². The molecular formula is C17H20N2O4S. The maximum Gasteiger partial charge on any atom is 0.265 e. The van der Waals surface area contributed by atoms with E-state index >= 15 is 0 Å². The van der Waals surface area contributed by atoms with Crippen molar-refractivity contribution in [1.29, 1.82) is 0 Å². The Hall–Kier alpha value is -1.99. The van der Waals surface area contributed by atoms with Gasteiger partial charge in [0.1, 0.15) is 4.88 Å². The van der Waals surface area contributed by atoms with E-state index in [1.54, 1.807) is 23.2 Å². The summed E-state index contributed by atoms with van der Waals surface area (Å²) in [6.45, 7) is 5.41. The lowest BCUT2D eigenvalue weighted by molar-refractivity contribution is -0.00279. The summed E-state index contributed by atoms with van der Waals surface area (Å²) in [4.78, 5) is 31.7. The molecule has 1 saturated heterocycles. The van der Waals surface area contributed by atoms with Crippen molar-refractivity contribution < 1.29 is 18.7 Å². The molecule has 24 heavy (non-hydrogen) atoms. The van der Waals surface area contributed by atoms with Crippen molar-refractivity contribution in [3.8, 4) is 0 Å². The fourth-order valence-corrected chi connectivity index (χ4v) is 3.51. The molecule has 0 bridgehead atoms. The number of hydrogen-bond acceptors (Lipinski definition) is 6. The summed E-state index contributed by atoms with van der Waals surface area (Å²) in [7, 11) is 0. The lowest BCUT2D eigenvalue weighted by Crippen LogP contribution is -2.49. The second kappa shape index (κ2) is 7.27. The lowest BCUT2D eigenvalue weighted by atomic mass is 10.1. The van der Waals surface area contributed by atoms with Gasteiger partial charge in [0.25, 0.3) is 5.91 Å². The van der Waals surface area contributed by atoms with E-state index in [4.69, 9.17) is 9.15 Å². The Kier molecular flexibility index (Phi) is 5.11. The van der Waals surface area contributed by atoms with E-state index in [-0.39, 0.29) is 30.1 Å². The van der Waals surface area contributed by atoms with Gasteiger partial charge in [0.2, 0.25) is 0 Å². The monoisotopic (exact) mass is 348 g/mol. The maximum atomic E-state index is 12.8. The van der Waals surface area contributed by atoms with E-state index in [2.05, 4.69) is 4.98 Å². The van der Waals surface area contributed by atoms with Gasteiger partial charge in [0.15, 0.2) is 11.5 Å². The highest BCUT2D eigenvalue weighted by Crippen LogP contribution is 2.24. The molecule has 1 atom stereocenters. The minimum absolute atomic E-state index is 0.0834. The summed E-state index contributed by atoms with van der Waals surface area (Å²) in [5.74, 6) is 0.394. The van der Waals surface area contributed by atoms with Gasteiger partial charge in [-0.05, 0) is 12.1 Å². The third-order valence-electron chi connectivity index (χ3n) is 3.93. The number of morpholine rings is 1. The Morgan fingerprint density at radius 3 is 2.96 bits per heavy atom. The predicted octanol–water partition coefficient (Wildman–Crippen LogP) is 2.97. The summed E-state index contributed by atoms with van der Waals surface area (Å²) >= 11 is 1.41. The second-order valence-electron chi connectivity index (χ2n) is 6.05. The highest BCUT2D eigenvalue weighted by atomic mass is 32.1. The number of carbonyl (C=O) groups is 2. The first-order valence-electron chi connectivity index (χ1n) is 7.97. The van der Waals surface area contributed by atoms with Crippen molar-refractivity contribution >= 4 is 23.0 Å². The van der Waals surface area contributed by atoms with Gasteiger partial charge >= 0.3 is 0 Å². The number of rotatable bonds is 5. The molecular weight excluding hydrogens is 328 g/mol. The molecule has 0 aromatic carbocycles. The zero-order valence-corrected chi connectivity index (χ0v) is 14.5. The van der Waals surface area contributed by atoms with Crippen molar-refractivity contribution in [2.45, 2.75) is 32.2 Å². The number of nitrogens with zero attached hydrogens (tertiary/aromatic N) is 2. The SMILES string of the molecule is CC(C)c1ncc(C(=O)N2CCOC[C@@H]2CC(=O)c2ccco2)s1. The molecule has 3 rings (SSSR count). The molecule has 2 aromatic rings. The zero-order chi connectivity index (χ0) is 17.1. The van der Waals surface area contributed by atoms with Crippen LogP contribution in [0.3, 0.4) is 0 Å². The minimum Gasteiger partial charge on any atom is -0.461 e. The van der Waals surface area contributed by atoms with Crippen molar-refractivity contribution in [3.63, 3.8) is 0 Å². The third kappa shape index (κ3) is 3.57. The van der Waals surface area contributed by atoms with E-state index in [1.807, 2.05) is 13.8 Å². The molecule has 7 heteroatoms. The second-order valence-corrected chi connectivity index (χ2v) is 7.11. The number of aromatic nitrogens is 1. The van der Waals surface area contributed by atoms with Gasteiger partial charge in [-0.3, -0.25) is 9.59 Å². The highest BCUT2D eigenvalue weighted by Gasteiger charge is 2.31. The molecule has 1 amide bonds. The summed E-state index contributed by atoms with van der Waals surface area (Å²) < 4.78 is 10.6. The van der Waals surface area contributed by atoms with Crippen molar-refractivity contribution in [1.82, 2.24) is 9.88 Å². The summed E-state index contributed by atoms with van der Waals surface area (Å²) in [6.07, 6.45) is 3.29. The van der Waals surface area contributed by atoms with Crippen LogP contribution in [0.15, 0.2) is 29.0 Å². The van der Waals surface area contributed by atoms with Crippen LogP contribution in [0, 0.1) is 0 Å². The number of ether oxygens (including phenoxy) is 1. The Balaban J connectivity index is 1.73. The van der Waals surface area contributed by atoms with Crippen molar-refractivity contribution in [2.24, 2.45) is 0 Å². The average Bonchev–Trinajstić information content (AvgIpc) is 3.26. The largest absolute Gasteiger partial charge is 0.461 e. The van der Waals surface area contributed by atoms with Gasteiger partial charge in [-0.2, -0.15) is 0 Å². The van der Waals surface area contributed by atoms with Crippen LogP contribution in [0.25, 0.3) is 0 Å². The number of amides is 1. The van der Waals surface area contributed by atoms with Gasteiger partial charge in [-0.1, -0.05) is 13.8 Å². The summed E-state index contributed by atoms with van der Waals surface area (Å²) in [5.41, 5.74) is 0. The summed E-state index contributed by atoms with van der Waals surface area (Å²) in [6, 6.07) is 3.03. The van der Waals surface area contributed by atoms with Crippen molar-refractivity contribution in [3.05, 3.63) is 40.2 Å². The molecule has 0 N–H and O–H groups in total. The molecule has 1 aliphatic heterocycles. The molecule has 0 aliphatic carbocycles. The fraction of sp³-hybridized carbons (Fsp3) is 0.471. The van der Waals surface area contributed by atoms with E-state index in [1.165, 1.54) is 17.6 Å². The lowest BCUT2D eigenvalue weighted by Gasteiger charge is -2.34. The van der Waals surface area contributed by atoms with Crippen LogP contribution in [0.2, 0.25) is 0 Å². The molecule has 0 radical (unpaired) electrons. The molecule has 0 saturated carbocycles. The van der Waals surface area contributed by atoms with E-state index in [0.29, 0.717) is 30.4 Å². The van der Waals surface area contributed by atoms with E-state index in [9.17, 15) is 9.59 Å². The van der Waals surface area contributed by atoms with Gasteiger partial charge < -0.3 is 14.1 Å². The first kappa shape index (κ1) is 16.9. The van der Waals surface area contributed by atoms with Crippen LogP contribution in [0.5, 0.6) is 0 Å². The Morgan fingerprint density at radius 1 is 1.46 bits per heavy atom. The quantitative estimate of drug-likeness (QED) is 0.777. The number of thiazole rings is 1. The van der Waals surface area contributed by atoms with Crippen LogP contribution >= 0.6 is 11.3 Å². The number of Topliss-reactive ketones (excluding diaryl/α,β-unsaturated/α-hetero) is 1. The van der Waals surface area contributed by atoms with Crippen LogP contribution in [-0.4, -0.2) is 47.4 Å². The number of carbonyl (C=O) groups excluding carboxylic acids is 2. The molecule has 3 heterocycles. The van der Waals surface area contributed by atoms with Crippen LogP contribution in [0.4, 0.5) is 0 Å². The van der Waals surface area contributed by atoms with Crippen LogP contribution < -0.4 is 0 Å². The standard InChI is InChI=1S/C17H20N2O4S/c1-11(2)16-18-9-15(24-16)17(21)19-5-7-22-10-12(19)8-13(20)14-4-3-6-23-14/h3-4,6,9,11-12H,5,7-8,10H2,1-2H3/t12-/m0/s1. The first-order valence-corrected chi connectivity index (χ1v) is 8.79. The zero-order valence-electron chi connectivity index (χ0n) is 13.7. The average molecular weight is 348 g/mol. The molecule has 6 nitrogen and oxygen atoms in total. The van der Waals surface area contributed by atoms with Gasteiger partial charge in [0, 0.05) is 18.9 Å². The predicted molar refractivity (Wildman–Crippen MR) is 89.5 cm³/mol. The van der Waals surface area contributed by atoms with Crippen molar-refractivity contribution in [2.75, 3.05) is 19.8 Å². The minimum atomic E-state index is -0.284. The number of ketones is 1. The molecule has 1 fully saturated rings. The normalized spacial score (nSPS) is 18.1. The fourth-order valence-electron chi connectivity index (χ4n) is 2.64. The van der Waals surface area contributed by atoms with Crippen LogP contribution in [0.1, 0.15) is 51.4 Å². The topological polar surface area (TPSA) is 72.6 Å². The third-order valence-corrected chi connectivity index (χ3v) is 5.22. The maximum absolute atomic E-state index is 12.8. The molecule has 2 aromatic heterocycles. The molecule has 0 unspecified atom stereocenters. The van der Waals surface area contributed by atoms with Gasteiger partial charge in [-0.25, -0.2) is 4.98 Å². The summed E-state index contributed by atoms with van der Waals surface area (Å²) in [5, 5.41) is 0.940. The Labute approximate surface area is 144 Å². The molecule has 1 aliphatic rings. The van der Waals surface area contributed by atoms with Gasteiger partial charge in [0.05, 0.1) is 36.7 Å².